The predicted octanol–water partition coefficient (Wildman–Crippen LogP) is 3.31. The Labute approximate surface area is 224 Å². The zero-order chi connectivity index (χ0) is 26.3. The Balaban J connectivity index is 1.76. The highest BCUT2D eigenvalue weighted by Crippen LogP contribution is 2.39. The van der Waals surface area contributed by atoms with Gasteiger partial charge in [0.05, 0.1) is 36.6 Å². The topological polar surface area (TPSA) is 97.6 Å². The van der Waals surface area contributed by atoms with Gasteiger partial charge >= 0.3 is 5.97 Å². The molecule has 3 heterocycles. The van der Waals surface area contributed by atoms with Gasteiger partial charge in [-0.15, -0.1) is 0 Å². The van der Waals surface area contributed by atoms with Crippen molar-refractivity contribution in [3.63, 3.8) is 0 Å². The molecule has 3 aromatic rings. The summed E-state index contributed by atoms with van der Waals surface area (Å²) in [6, 6.07) is 8.03. The summed E-state index contributed by atoms with van der Waals surface area (Å²) < 4.78 is 30.0. The second kappa shape index (κ2) is 10.1. The average molecular weight is 587 g/mol. The number of nitrogens with zero attached hydrogens (tertiary/aromatic N) is 2. The lowest BCUT2D eigenvalue weighted by Gasteiger charge is -2.26. The van der Waals surface area contributed by atoms with Crippen LogP contribution in [0.5, 0.6) is 23.0 Å². The monoisotopic (exact) mass is 586 g/mol. The van der Waals surface area contributed by atoms with Crippen LogP contribution in [0.1, 0.15) is 31.0 Å². The van der Waals surface area contributed by atoms with Gasteiger partial charge in [0.25, 0.3) is 5.56 Å². The minimum atomic E-state index is -0.831. The van der Waals surface area contributed by atoms with Crippen LogP contribution >= 0.6 is 27.3 Å². The first-order valence-corrected chi connectivity index (χ1v) is 13.0. The second-order valence-corrected chi connectivity index (χ2v) is 10.0. The van der Waals surface area contributed by atoms with Crippen LogP contribution in [0.15, 0.2) is 55.9 Å². The molecule has 9 nitrogen and oxygen atoms in total. The molecule has 2 aromatic carbocycles. The highest BCUT2D eigenvalue weighted by Gasteiger charge is 2.35. The highest BCUT2D eigenvalue weighted by molar-refractivity contribution is 9.10. The smallest absolute Gasteiger partial charge is 0.338 e. The quantitative estimate of drug-likeness (QED) is 0.409. The minimum absolute atomic E-state index is 0.145. The molecule has 11 heteroatoms. The fourth-order valence-corrected chi connectivity index (χ4v) is 5.80. The summed E-state index contributed by atoms with van der Waals surface area (Å²) in [5.41, 5.74) is 1.74. The van der Waals surface area contributed by atoms with Crippen LogP contribution in [0, 0.1) is 0 Å². The summed E-state index contributed by atoms with van der Waals surface area (Å²) in [6.45, 7) is 3.79. The van der Waals surface area contributed by atoms with E-state index in [0.717, 1.165) is 10.0 Å². The fraction of sp³-hybridized carbons (Fsp3) is 0.269. The lowest BCUT2D eigenvalue weighted by atomic mass is 9.94. The van der Waals surface area contributed by atoms with Crippen LogP contribution in [0.4, 0.5) is 0 Å². The molecule has 0 amide bonds. The maximum atomic E-state index is 13.9. The SMILES string of the molecule is CCOC(=O)C1=C(C)N=c2s/c(=C\c3cc4c(cc3Br)OCO4)c(=O)n2C1c1cc(OC)ccc1OC. The van der Waals surface area contributed by atoms with Crippen molar-refractivity contribution in [3.8, 4) is 23.0 Å². The van der Waals surface area contributed by atoms with E-state index in [1.165, 1.54) is 23.0 Å². The maximum Gasteiger partial charge on any atom is 0.338 e. The molecule has 5 rings (SSSR count). The van der Waals surface area contributed by atoms with Gasteiger partial charge in [0.1, 0.15) is 17.5 Å². The Morgan fingerprint density at radius 2 is 1.97 bits per heavy atom. The van der Waals surface area contributed by atoms with Crippen LogP contribution in [0.3, 0.4) is 0 Å². The number of hydrogen-bond donors (Lipinski definition) is 0. The van der Waals surface area contributed by atoms with Crippen molar-refractivity contribution in [3.05, 3.63) is 76.9 Å². The Bertz CT molecular complexity index is 1620. The van der Waals surface area contributed by atoms with Gasteiger partial charge in [-0.2, -0.15) is 0 Å². The van der Waals surface area contributed by atoms with Gasteiger partial charge in [0.15, 0.2) is 16.3 Å². The standard InChI is InChI=1S/C26H23BrN2O7S/c1-5-34-25(31)22-13(2)28-26-29(23(22)16-10-15(32-3)6-7-18(16)33-4)24(30)21(37-26)9-14-8-19-20(11-17(14)27)36-12-35-19/h6-11,23H,5,12H2,1-4H3/b21-9-. The lowest BCUT2D eigenvalue weighted by molar-refractivity contribution is -0.139. The Morgan fingerprint density at radius 3 is 2.68 bits per heavy atom. The summed E-state index contributed by atoms with van der Waals surface area (Å²) in [6.07, 6.45) is 1.76. The third-order valence-corrected chi connectivity index (χ3v) is 7.70. The Kier molecular flexibility index (Phi) is 6.82. The molecule has 0 N–H and O–H groups in total. The molecule has 0 saturated heterocycles. The van der Waals surface area contributed by atoms with E-state index in [1.807, 2.05) is 6.07 Å². The van der Waals surface area contributed by atoms with E-state index in [2.05, 4.69) is 20.9 Å². The number of halogens is 1. The number of ether oxygens (including phenoxy) is 5. The van der Waals surface area contributed by atoms with Crippen molar-refractivity contribution in [2.24, 2.45) is 4.99 Å². The maximum absolute atomic E-state index is 13.9. The molecule has 2 aliphatic heterocycles. The van der Waals surface area contributed by atoms with E-state index < -0.39 is 12.0 Å². The van der Waals surface area contributed by atoms with Crippen LogP contribution in [-0.2, 0) is 9.53 Å². The number of carbonyl (C=O) groups is 1. The van der Waals surface area contributed by atoms with E-state index >= 15 is 0 Å². The largest absolute Gasteiger partial charge is 0.497 e. The van der Waals surface area contributed by atoms with E-state index in [-0.39, 0.29) is 24.5 Å². The molecule has 0 spiro atoms. The number of aromatic nitrogens is 1. The van der Waals surface area contributed by atoms with Crippen LogP contribution in [-0.4, -0.2) is 38.2 Å². The fourth-order valence-electron chi connectivity index (χ4n) is 4.32. The number of esters is 1. The van der Waals surface area contributed by atoms with Crippen molar-refractivity contribution < 1.29 is 28.5 Å². The number of hydrogen-bond acceptors (Lipinski definition) is 9. The summed E-state index contributed by atoms with van der Waals surface area (Å²) in [4.78, 5) is 32.1. The van der Waals surface area contributed by atoms with Crippen LogP contribution < -0.4 is 33.8 Å². The van der Waals surface area contributed by atoms with Crippen LogP contribution in [0.2, 0.25) is 0 Å². The normalized spacial score (nSPS) is 16.4. The first kappa shape index (κ1) is 25.1. The van der Waals surface area contributed by atoms with Gasteiger partial charge in [0, 0.05) is 10.0 Å². The first-order chi connectivity index (χ1) is 17.9. The van der Waals surface area contributed by atoms with E-state index in [4.69, 9.17) is 23.7 Å². The van der Waals surface area contributed by atoms with Gasteiger partial charge in [-0.05, 0) is 55.8 Å². The van der Waals surface area contributed by atoms with Crippen LogP contribution in [0.25, 0.3) is 6.08 Å². The van der Waals surface area contributed by atoms with Crippen molar-refractivity contribution in [2.75, 3.05) is 27.6 Å². The van der Waals surface area contributed by atoms with E-state index in [1.54, 1.807) is 51.3 Å². The number of carbonyl (C=O) groups excluding carboxylic acids is 1. The van der Waals surface area contributed by atoms with Crippen molar-refractivity contribution in [1.82, 2.24) is 4.57 Å². The zero-order valence-corrected chi connectivity index (χ0v) is 22.9. The molecule has 1 aromatic heterocycles. The molecule has 1 unspecified atom stereocenters. The lowest BCUT2D eigenvalue weighted by Crippen LogP contribution is -2.40. The Morgan fingerprint density at radius 1 is 1.22 bits per heavy atom. The van der Waals surface area contributed by atoms with E-state index in [9.17, 15) is 9.59 Å². The van der Waals surface area contributed by atoms with E-state index in [0.29, 0.717) is 43.6 Å². The van der Waals surface area contributed by atoms with Gasteiger partial charge in [-0.25, -0.2) is 9.79 Å². The summed E-state index contributed by atoms with van der Waals surface area (Å²) >= 11 is 4.78. The van der Waals surface area contributed by atoms with Crippen molar-refractivity contribution >= 4 is 39.3 Å². The molecule has 192 valence electrons. The molecular weight excluding hydrogens is 564 g/mol. The molecule has 0 saturated carbocycles. The molecule has 0 bridgehead atoms. The zero-order valence-electron chi connectivity index (χ0n) is 20.5. The molecule has 0 fully saturated rings. The van der Waals surface area contributed by atoms with Crippen molar-refractivity contribution in [1.29, 1.82) is 0 Å². The average Bonchev–Trinajstić information content (AvgIpc) is 3.46. The molecule has 2 aliphatic rings. The molecule has 0 aliphatic carbocycles. The molecule has 1 atom stereocenters. The molecular formula is C26H23BrN2O7S. The number of methoxy groups -OCH3 is 2. The number of fused-ring (bicyclic) bond motifs is 2. The number of rotatable bonds is 6. The first-order valence-electron chi connectivity index (χ1n) is 11.4. The van der Waals surface area contributed by atoms with Gasteiger partial charge < -0.3 is 23.7 Å². The third kappa shape index (κ3) is 4.42. The Hall–Kier alpha value is -3.57. The molecule has 37 heavy (non-hydrogen) atoms. The second-order valence-electron chi connectivity index (χ2n) is 8.14. The minimum Gasteiger partial charge on any atom is -0.497 e. The summed E-state index contributed by atoms with van der Waals surface area (Å²) in [7, 11) is 3.08. The highest BCUT2D eigenvalue weighted by atomic mass is 79.9. The molecule has 0 radical (unpaired) electrons. The number of benzene rings is 2. The number of allylic oxidation sites excluding steroid dienone is 1. The summed E-state index contributed by atoms with van der Waals surface area (Å²) in [5, 5.41) is 0. The third-order valence-electron chi connectivity index (χ3n) is 6.03. The predicted molar refractivity (Wildman–Crippen MR) is 140 cm³/mol. The van der Waals surface area contributed by atoms with Gasteiger partial charge in [-0.1, -0.05) is 27.3 Å². The van der Waals surface area contributed by atoms with Gasteiger partial charge in [-0.3, -0.25) is 9.36 Å². The van der Waals surface area contributed by atoms with Crippen molar-refractivity contribution in [2.45, 2.75) is 19.9 Å². The number of thiazole rings is 1. The summed E-state index contributed by atoms with van der Waals surface area (Å²) in [5.74, 6) is 1.73. The van der Waals surface area contributed by atoms with Gasteiger partial charge in [0.2, 0.25) is 6.79 Å².